The number of rotatable bonds is 3. The van der Waals surface area contributed by atoms with Gasteiger partial charge in [0.05, 0.1) is 0 Å². The molecule has 1 atom stereocenters. The molecule has 2 aliphatic heterocycles. The van der Waals surface area contributed by atoms with E-state index in [1.165, 1.54) is 31.4 Å². The molecule has 1 aromatic carbocycles. The molecule has 0 bridgehead atoms. The van der Waals surface area contributed by atoms with Gasteiger partial charge >= 0.3 is 0 Å². The molecule has 1 spiro atoms. The average molecular weight is 286 g/mol. The third-order valence-electron chi connectivity index (χ3n) is 5.11. The summed E-state index contributed by atoms with van der Waals surface area (Å²) in [7, 11) is 2.21. The Morgan fingerprint density at radius 1 is 1.14 bits per heavy atom. The van der Waals surface area contributed by atoms with E-state index in [-0.39, 0.29) is 0 Å². The molecule has 2 aliphatic rings. The molecule has 3 nitrogen and oxygen atoms in total. The van der Waals surface area contributed by atoms with Crippen molar-refractivity contribution in [3.05, 3.63) is 35.9 Å². The summed E-state index contributed by atoms with van der Waals surface area (Å²) in [6.45, 7) is 4.31. The predicted molar refractivity (Wildman–Crippen MR) is 85.1 cm³/mol. The number of likely N-dealkylation sites (tertiary alicyclic amines) is 2. The predicted octanol–water partition coefficient (Wildman–Crippen LogP) is 2.56. The Hall–Kier alpha value is -1.35. The van der Waals surface area contributed by atoms with Gasteiger partial charge in [-0.15, -0.1) is 0 Å². The van der Waals surface area contributed by atoms with Crippen LogP contribution in [0.1, 0.15) is 31.2 Å². The molecule has 1 amide bonds. The number of aryl methyl sites for hydroxylation is 1. The average Bonchev–Trinajstić information content (AvgIpc) is 2.89. The fraction of sp³-hybridized carbons (Fsp3) is 0.611. The van der Waals surface area contributed by atoms with Gasteiger partial charge in [0.25, 0.3) is 0 Å². The van der Waals surface area contributed by atoms with E-state index >= 15 is 0 Å². The van der Waals surface area contributed by atoms with Crippen LogP contribution in [0.5, 0.6) is 0 Å². The standard InChI is InChI=1S/C18H26N2O/c1-19-12-5-10-18(14-19)11-13-20(15-18)17(21)9-8-16-6-3-2-4-7-16/h2-4,6-7H,5,8-15H2,1H3/t18-/m0/s1. The van der Waals surface area contributed by atoms with Crippen LogP contribution in [-0.4, -0.2) is 48.9 Å². The van der Waals surface area contributed by atoms with Crippen LogP contribution in [0.4, 0.5) is 0 Å². The molecule has 2 saturated heterocycles. The van der Waals surface area contributed by atoms with E-state index in [2.05, 4.69) is 29.0 Å². The first-order valence-corrected chi connectivity index (χ1v) is 8.17. The molecule has 1 aromatic rings. The second-order valence-corrected chi connectivity index (χ2v) is 6.89. The zero-order valence-corrected chi connectivity index (χ0v) is 13.1. The molecule has 2 heterocycles. The normalized spacial score (nSPS) is 26.4. The maximum absolute atomic E-state index is 12.4. The molecule has 0 radical (unpaired) electrons. The molecular formula is C18H26N2O. The maximum atomic E-state index is 12.4. The molecule has 2 fully saturated rings. The number of piperidine rings is 1. The van der Waals surface area contributed by atoms with Crippen LogP contribution in [0.25, 0.3) is 0 Å². The van der Waals surface area contributed by atoms with Crippen LogP contribution in [0, 0.1) is 5.41 Å². The minimum Gasteiger partial charge on any atom is -0.342 e. The van der Waals surface area contributed by atoms with E-state index in [1.807, 2.05) is 18.2 Å². The Labute approximate surface area is 127 Å². The monoisotopic (exact) mass is 286 g/mol. The summed E-state index contributed by atoms with van der Waals surface area (Å²) in [4.78, 5) is 17.0. The highest BCUT2D eigenvalue weighted by atomic mass is 16.2. The SMILES string of the molecule is CN1CCC[C@]2(CCN(C(=O)CCc3ccccc3)C2)C1. The van der Waals surface area contributed by atoms with Crippen LogP contribution in [0.2, 0.25) is 0 Å². The van der Waals surface area contributed by atoms with Gasteiger partial charge in [0.15, 0.2) is 0 Å². The fourth-order valence-electron chi connectivity index (χ4n) is 3.99. The van der Waals surface area contributed by atoms with Crippen LogP contribution in [0.15, 0.2) is 30.3 Å². The zero-order valence-electron chi connectivity index (χ0n) is 13.1. The highest BCUT2D eigenvalue weighted by Gasteiger charge is 2.41. The smallest absolute Gasteiger partial charge is 0.222 e. The fourth-order valence-corrected chi connectivity index (χ4v) is 3.99. The molecule has 0 N–H and O–H groups in total. The quantitative estimate of drug-likeness (QED) is 0.852. The van der Waals surface area contributed by atoms with Crippen LogP contribution < -0.4 is 0 Å². The minimum absolute atomic E-state index is 0.337. The number of hydrogen-bond donors (Lipinski definition) is 0. The van der Waals surface area contributed by atoms with Crippen molar-refractivity contribution >= 4 is 5.91 Å². The summed E-state index contributed by atoms with van der Waals surface area (Å²) in [6, 6.07) is 10.3. The van der Waals surface area contributed by atoms with Crippen molar-refractivity contribution < 1.29 is 4.79 Å². The largest absolute Gasteiger partial charge is 0.342 e. The third-order valence-corrected chi connectivity index (χ3v) is 5.11. The van der Waals surface area contributed by atoms with Crippen molar-refractivity contribution in [2.24, 2.45) is 5.41 Å². The van der Waals surface area contributed by atoms with Gasteiger partial charge in [-0.1, -0.05) is 30.3 Å². The summed E-state index contributed by atoms with van der Waals surface area (Å²) in [5.41, 5.74) is 1.65. The minimum atomic E-state index is 0.337. The maximum Gasteiger partial charge on any atom is 0.222 e. The lowest BCUT2D eigenvalue weighted by Crippen LogP contribution is -2.43. The molecule has 0 aromatic heterocycles. The van der Waals surface area contributed by atoms with Crippen molar-refractivity contribution in [1.29, 1.82) is 0 Å². The van der Waals surface area contributed by atoms with E-state index < -0.39 is 0 Å². The van der Waals surface area contributed by atoms with Crippen molar-refractivity contribution in [2.75, 3.05) is 33.2 Å². The van der Waals surface area contributed by atoms with Crippen molar-refractivity contribution in [2.45, 2.75) is 32.1 Å². The molecule has 0 aliphatic carbocycles. The van der Waals surface area contributed by atoms with Crippen LogP contribution >= 0.6 is 0 Å². The molecule has 3 rings (SSSR count). The number of amides is 1. The summed E-state index contributed by atoms with van der Waals surface area (Å²) in [5.74, 6) is 0.337. The Morgan fingerprint density at radius 2 is 1.95 bits per heavy atom. The summed E-state index contributed by atoms with van der Waals surface area (Å²) >= 11 is 0. The number of nitrogens with zero attached hydrogens (tertiary/aromatic N) is 2. The molecule has 0 saturated carbocycles. The van der Waals surface area contributed by atoms with Crippen molar-refractivity contribution in [3.63, 3.8) is 0 Å². The van der Waals surface area contributed by atoms with E-state index in [1.54, 1.807) is 0 Å². The first kappa shape index (κ1) is 14.6. The van der Waals surface area contributed by atoms with Gasteiger partial charge in [-0.05, 0) is 44.8 Å². The summed E-state index contributed by atoms with van der Waals surface area (Å²) in [6.07, 6.45) is 5.27. The van der Waals surface area contributed by atoms with Gasteiger partial charge in [0.1, 0.15) is 0 Å². The van der Waals surface area contributed by atoms with Crippen LogP contribution in [0.3, 0.4) is 0 Å². The molecule has 21 heavy (non-hydrogen) atoms. The molecule has 3 heteroatoms. The van der Waals surface area contributed by atoms with Gasteiger partial charge in [-0.2, -0.15) is 0 Å². The molecule has 114 valence electrons. The summed E-state index contributed by atoms with van der Waals surface area (Å²) in [5, 5.41) is 0. The van der Waals surface area contributed by atoms with Crippen molar-refractivity contribution in [3.8, 4) is 0 Å². The second kappa shape index (κ2) is 6.18. The molecular weight excluding hydrogens is 260 g/mol. The van der Waals surface area contributed by atoms with Gasteiger partial charge in [0, 0.05) is 31.5 Å². The van der Waals surface area contributed by atoms with E-state index in [0.29, 0.717) is 17.7 Å². The Morgan fingerprint density at radius 3 is 2.71 bits per heavy atom. The zero-order chi connectivity index (χ0) is 14.7. The lowest BCUT2D eigenvalue weighted by Gasteiger charge is -2.38. The second-order valence-electron chi connectivity index (χ2n) is 6.89. The first-order valence-electron chi connectivity index (χ1n) is 8.17. The van der Waals surface area contributed by atoms with Crippen molar-refractivity contribution in [1.82, 2.24) is 9.80 Å². The lowest BCUT2D eigenvalue weighted by atomic mass is 9.79. The first-order chi connectivity index (χ1) is 10.2. The Kier molecular flexibility index (Phi) is 4.29. The van der Waals surface area contributed by atoms with E-state index in [9.17, 15) is 4.79 Å². The molecule has 0 unspecified atom stereocenters. The topological polar surface area (TPSA) is 23.6 Å². The van der Waals surface area contributed by atoms with Gasteiger partial charge in [0.2, 0.25) is 5.91 Å². The van der Waals surface area contributed by atoms with E-state index in [4.69, 9.17) is 0 Å². The number of hydrogen-bond acceptors (Lipinski definition) is 2. The van der Waals surface area contributed by atoms with E-state index in [0.717, 1.165) is 26.1 Å². The lowest BCUT2D eigenvalue weighted by molar-refractivity contribution is -0.130. The van der Waals surface area contributed by atoms with Gasteiger partial charge in [-0.3, -0.25) is 4.79 Å². The highest BCUT2D eigenvalue weighted by Crippen LogP contribution is 2.38. The third kappa shape index (κ3) is 3.46. The number of benzene rings is 1. The van der Waals surface area contributed by atoms with Crippen LogP contribution in [-0.2, 0) is 11.2 Å². The van der Waals surface area contributed by atoms with Gasteiger partial charge in [-0.25, -0.2) is 0 Å². The highest BCUT2D eigenvalue weighted by molar-refractivity contribution is 5.76. The van der Waals surface area contributed by atoms with Gasteiger partial charge < -0.3 is 9.80 Å². The number of carbonyl (C=O) groups is 1. The Balaban J connectivity index is 1.52. The summed E-state index contributed by atoms with van der Waals surface area (Å²) < 4.78 is 0. The Bertz CT molecular complexity index is 487. The number of carbonyl (C=O) groups excluding carboxylic acids is 1.